The minimum Gasteiger partial charge on any atom is -0.323 e. The molecule has 0 bridgehead atoms. The minimum atomic E-state index is -0.933. The Morgan fingerprint density at radius 3 is 2.23 bits per heavy atom. The molecule has 2 heterocycles. The zero-order valence-corrected chi connectivity index (χ0v) is 15.7. The molecule has 0 fully saturated rings. The summed E-state index contributed by atoms with van der Waals surface area (Å²) in [4.78, 5) is 42.1. The van der Waals surface area contributed by atoms with Crippen LogP contribution in [0.4, 0.5) is 0 Å². The SMILES string of the molecule is O=C(ON1C(=O)c2ccccc2C1=O)c1sc2cc(Cl)cc(Cl)c2c1Cl. The van der Waals surface area contributed by atoms with Crippen LogP contribution < -0.4 is 0 Å². The van der Waals surface area contributed by atoms with Crippen LogP contribution >= 0.6 is 46.1 Å². The van der Waals surface area contributed by atoms with Gasteiger partial charge in [-0.15, -0.1) is 11.3 Å². The number of hydrogen-bond donors (Lipinski definition) is 0. The number of carbonyl (C=O) groups is 3. The average Bonchev–Trinajstić information content (AvgIpc) is 3.05. The predicted molar refractivity (Wildman–Crippen MR) is 99.2 cm³/mol. The van der Waals surface area contributed by atoms with Gasteiger partial charge in [0, 0.05) is 15.1 Å². The van der Waals surface area contributed by atoms with Crippen LogP contribution in [0.5, 0.6) is 0 Å². The van der Waals surface area contributed by atoms with Gasteiger partial charge in [-0.3, -0.25) is 9.59 Å². The summed E-state index contributed by atoms with van der Waals surface area (Å²) in [5.41, 5.74) is 0.338. The van der Waals surface area contributed by atoms with Crippen LogP contribution in [0.1, 0.15) is 30.4 Å². The number of rotatable bonds is 2. The zero-order chi connectivity index (χ0) is 18.6. The van der Waals surface area contributed by atoms with Gasteiger partial charge < -0.3 is 4.84 Å². The van der Waals surface area contributed by atoms with Crippen LogP contribution in [0.15, 0.2) is 36.4 Å². The smallest absolute Gasteiger partial charge is 0.323 e. The molecule has 1 aliphatic heterocycles. The number of hydroxylamine groups is 2. The fraction of sp³-hybridized carbons (Fsp3) is 0. The number of thiophene rings is 1. The van der Waals surface area contributed by atoms with Crippen LogP contribution in [0.3, 0.4) is 0 Å². The van der Waals surface area contributed by atoms with Crippen molar-refractivity contribution in [1.29, 1.82) is 0 Å². The van der Waals surface area contributed by atoms with Crippen molar-refractivity contribution in [3.63, 3.8) is 0 Å². The van der Waals surface area contributed by atoms with Crippen LogP contribution in [-0.4, -0.2) is 22.8 Å². The van der Waals surface area contributed by atoms with E-state index in [1.165, 1.54) is 18.2 Å². The molecule has 0 N–H and O–H groups in total. The Hall–Kier alpha value is -2.12. The van der Waals surface area contributed by atoms with Gasteiger partial charge in [0.05, 0.1) is 21.2 Å². The minimum absolute atomic E-state index is 0.0161. The van der Waals surface area contributed by atoms with E-state index in [0.717, 1.165) is 11.3 Å². The molecule has 1 aromatic heterocycles. The summed E-state index contributed by atoms with van der Waals surface area (Å²) >= 11 is 19.3. The highest BCUT2D eigenvalue weighted by Gasteiger charge is 2.39. The highest BCUT2D eigenvalue weighted by molar-refractivity contribution is 7.21. The molecule has 3 aromatic rings. The fourth-order valence-electron chi connectivity index (χ4n) is 2.62. The van der Waals surface area contributed by atoms with E-state index < -0.39 is 17.8 Å². The highest BCUT2D eigenvalue weighted by Crippen LogP contribution is 2.41. The molecule has 0 unspecified atom stereocenters. The van der Waals surface area contributed by atoms with Gasteiger partial charge in [0.1, 0.15) is 4.88 Å². The van der Waals surface area contributed by atoms with E-state index in [2.05, 4.69) is 0 Å². The van der Waals surface area contributed by atoms with Crippen LogP contribution in [0.2, 0.25) is 15.1 Å². The monoisotopic (exact) mass is 425 g/mol. The normalized spacial score (nSPS) is 13.4. The van der Waals surface area contributed by atoms with Gasteiger partial charge in [-0.2, -0.15) is 0 Å². The summed E-state index contributed by atoms with van der Waals surface area (Å²) < 4.78 is 0.585. The Bertz CT molecular complexity index is 1090. The Morgan fingerprint density at radius 1 is 1.00 bits per heavy atom. The van der Waals surface area contributed by atoms with Gasteiger partial charge >= 0.3 is 5.97 Å². The Kier molecular flexibility index (Phi) is 4.16. The van der Waals surface area contributed by atoms with Crippen molar-refractivity contribution in [2.75, 3.05) is 0 Å². The molecule has 9 heteroatoms. The average molecular weight is 427 g/mol. The summed E-state index contributed by atoms with van der Waals surface area (Å²) in [5.74, 6) is -2.35. The second-order valence-corrected chi connectivity index (χ2v) is 7.61. The number of hydrogen-bond acceptors (Lipinski definition) is 5. The van der Waals surface area contributed by atoms with Crippen molar-refractivity contribution >= 4 is 74.0 Å². The number of imide groups is 1. The first kappa shape index (κ1) is 17.3. The number of carbonyl (C=O) groups excluding carboxylic acids is 3. The van der Waals surface area contributed by atoms with Crippen LogP contribution in [0.25, 0.3) is 10.1 Å². The molecule has 130 valence electrons. The second kappa shape index (κ2) is 6.25. The van der Waals surface area contributed by atoms with Crippen molar-refractivity contribution < 1.29 is 19.2 Å². The van der Waals surface area contributed by atoms with Gasteiger partial charge in [-0.05, 0) is 24.3 Å². The van der Waals surface area contributed by atoms with Crippen molar-refractivity contribution in [3.8, 4) is 0 Å². The number of amides is 2. The van der Waals surface area contributed by atoms with E-state index in [9.17, 15) is 14.4 Å². The molecular weight excluding hydrogens is 421 g/mol. The first-order valence-electron chi connectivity index (χ1n) is 7.15. The van der Waals surface area contributed by atoms with Crippen molar-refractivity contribution in [2.24, 2.45) is 0 Å². The van der Waals surface area contributed by atoms with E-state index in [-0.39, 0.29) is 26.0 Å². The standard InChI is InChI=1S/C17H6Cl3NO4S/c18-7-5-10(19)12-11(6-7)26-14(13(12)20)17(24)25-21-15(22)8-3-1-2-4-9(8)16(21)23/h1-6H. The third kappa shape index (κ3) is 2.57. The lowest BCUT2D eigenvalue weighted by Crippen LogP contribution is -2.32. The fourth-order valence-corrected chi connectivity index (χ4v) is 4.86. The molecule has 2 amide bonds. The van der Waals surface area contributed by atoms with Gasteiger partial charge in [0.15, 0.2) is 0 Å². The van der Waals surface area contributed by atoms with Crippen molar-refractivity contribution in [3.05, 3.63) is 67.5 Å². The number of halogens is 3. The molecule has 0 spiro atoms. The Balaban J connectivity index is 1.69. The lowest BCUT2D eigenvalue weighted by atomic mass is 10.1. The van der Waals surface area contributed by atoms with E-state index in [0.29, 0.717) is 20.2 Å². The molecule has 0 saturated heterocycles. The molecule has 26 heavy (non-hydrogen) atoms. The van der Waals surface area contributed by atoms with Crippen molar-refractivity contribution in [2.45, 2.75) is 0 Å². The number of fused-ring (bicyclic) bond motifs is 2. The predicted octanol–water partition coefficient (Wildman–Crippen LogP) is 5.23. The van der Waals surface area contributed by atoms with Crippen molar-refractivity contribution in [1.82, 2.24) is 5.06 Å². The summed E-state index contributed by atoms with van der Waals surface area (Å²) in [6.07, 6.45) is 0. The summed E-state index contributed by atoms with van der Waals surface area (Å²) in [6, 6.07) is 9.31. The van der Waals surface area contributed by atoms with E-state index in [1.807, 2.05) is 0 Å². The molecule has 0 atom stereocenters. The maximum atomic E-state index is 12.5. The molecular formula is C17H6Cl3NO4S. The molecule has 5 nitrogen and oxygen atoms in total. The third-order valence-corrected chi connectivity index (χ3v) is 5.89. The molecule has 2 aromatic carbocycles. The van der Waals surface area contributed by atoms with Gasteiger partial charge in [0.25, 0.3) is 11.8 Å². The van der Waals surface area contributed by atoms with Gasteiger partial charge in [-0.25, -0.2) is 4.79 Å². The van der Waals surface area contributed by atoms with E-state index in [4.69, 9.17) is 39.6 Å². The second-order valence-electron chi connectivity index (χ2n) is 5.33. The summed E-state index contributed by atoms with van der Waals surface area (Å²) in [6.45, 7) is 0. The van der Waals surface area contributed by atoms with Gasteiger partial charge in [-0.1, -0.05) is 52.0 Å². The quantitative estimate of drug-likeness (QED) is 0.526. The molecule has 0 saturated carbocycles. The largest absolute Gasteiger partial charge is 0.375 e. The summed E-state index contributed by atoms with van der Waals surface area (Å²) in [7, 11) is 0. The molecule has 0 radical (unpaired) electrons. The number of benzene rings is 2. The van der Waals surface area contributed by atoms with Crippen LogP contribution in [-0.2, 0) is 4.84 Å². The summed E-state index contributed by atoms with van der Waals surface area (Å²) in [5, 5.41) is 1.64. The molecule has 4 rings (SSSR count). The van der Waals surface area contributed by atoms with E-state index >= 15 is 0 Å². The topological polar surface area (TPSA) is 63.7 Å². The lowest BCUT2D eigenvalue weighted by molar-refractivity contribution is -0.0581. The first-order valence-corrected chi connectivity index (χ1v) is 9.10. The highest BCUT2D eigenvalue weighted by atomic mass is 35.5. The maximum absolute atomic E-state index is 12.5. The van der Waals surface area contributed by atoms with Gasteiger partial charge in [0.2, 0.25) is 0 Å². The maximum Gasteiger partial charge on any atom is 0.375 e. The zero-order valence-electron chi connectivity index (χ0n) is 12.6. The molecule has 1 aliphatic rings. The lowest BCUT2D eigenvalue weighted by Gasteiger charge is -2.11. The first-order chi connectivity index (χ1) is 12.4. The van der Waals surface area contributed by atoms with E-state index in [1.54, 1.807) is 18.2 Å². The Labute approximate surface area is 165 Å². The third-order valence-electron chi connectivity index (χ3n) is 3.77. The van der Waals surface area contributed by atoms with Crippen LogP contribution in [0, 0.1) is 0 Å². The Morgan fingerprint density at radius 2 is 1.62 bits per heavy atom. The number of nitrogens with zero attached hydrogens (tertiary/aromatic N) is 1. The molecule has 0 aliphatic carbocycles.